The van der Waals surface area contributed by atoms with Gasteiger partial charge in [0.05, 0.1) is 21.9 Å². The minimum absolute atomic E-state index is 0.00605. The fourth-order valence-electron chi connectivity index (χ4n) is 5.27. The zero-order valence-corrected chi connectivity index (χ0v) is 31.9. The van der Waals surface area contributed by atoms with E-state index in [2.05, 4.69) is 40.4 Å². The second-order valence-electron chi connectivity index (χ2n) is 13.2. The molecule has 13 heteroatoms. The predicted molar refractivity (Wildman–Crippen MR) is 205 cm³/mol. The van der Waals surface area contributed by atoms with Crippen LogP contribution in [-0.2, 0) is 19.1 Å². The molecule has 272 valence electrons. The van der Waals surface area contributed by atoms with Gasteiger partial charge in [0.2, 0.25) is 12.3 Å². The standard InChI is InChI=1S/C17H28N2O3.C16H15ClN2OS.C4H7NOS/c1-3-4-5-6-12-22-13(2)17(21)19-11-7-8-15(19)16(20)18-14-9-10-14;1-8(2)12-7-21-16(19-12)11-6-13(20)10-5-4-9(3)14(17)15(10)18-11;6-3-5-7-4-1-2-4/h3,13-15H,1,4-12H2,2H3,(H,18,20);4-8H,1-3H3,(H,18,20);3-4H,1-2H2,(H,5,6)/t13-,15?;;/m1../s1. The molecule has 50 heavy (non-hydrogen) atoms. The fraction of sp³-hybridized carbons (Fsp3) is 0.541. The number of allylic oxidation sites excluding steroid dienone is 1. The van der Waals surface area contributed by atoms with Crippen molar-refractivity contribution in [3.63, 3.8) is 0 Å². The summed E-state index contributed by atoms with van der Waals surface area (Å²) in [5.74, 6) is 0.316. The molecule has 1 aromatic carbocycles. The zero-order chi connectivity index (χ0) is 36.2. The van der Waals surface area contributed by atoms with Gasteiger partial charge in [-0.3, -0.25) is 19.2 Å². The van der Waals surface area contributed by atoms with E-state index in [1.54, 1.807) is 24.0 Å². The van der Waals surface area contributed by atoms with Crippen LogP contribution in [0.5, 0.6) is 0 Å². The molecule has 2 aliphatic carbocycles. The van der Waals surface area contributed by atoms with Crippen molar-refractivity contribution in [3.05, 3.63) is 62.7 Å². The lowest BCUT2D eigenvalue weighted by atomic mass is 10.1. The molecule has 0 spiro atoms. The Hall–Kier alpha value is -3.19. The lowest BCUT2D eigenvalue weighted by Gasteiger charge is -2.26. The van der Waals surface area contributed by atoms with E-state index >= 15 is 0 Å². The molecule has 2 saturated carbocycles. The number of nitrogens with one attached hydrogen (secondary N) is 3. The number of thiazole rings is 1. The summed E-state index contributed by atoms with van der Waals surface area (Å²) in [6.45, 7) is 12.8. The Morgan fingerprint density at radius 1 is 1.20 bits per heavy atom. The molecular weight excluding hydrogens is 694 g/mol. The van der Waals surface area contributed by atoms with Gasteiger partial charge >= 0.3 is 0 Å². The van der Waals surface area contributed by atoms with Gasteiger partial charge in [-0.25, -0.2) is 4.98 Å². The van der Waals surface area contributed by atoms with Crippen LogP contribution in [0.2, 0.25) is 5.02 Å². The number of carbonyl (C=O) groups excluding carboxylic acids is 3. The van der Waals surface area contributed by atoms with Crippen LogP contribution >= 0.6 is 34.9 Å². The number of aromatic amines is 1. The molecular formula is C37H50ClN5O5S2. The van der Waals surface area contributed by atoms with E-state index in [0.717, 1.165) is 78.6 Å². The summed E-state index contributed by atoms with van der Waals surface area (Å²) >= 11 is 9.38. The zero-order valence-electron chi connectivity index (χ0n) is 29.5. The molecule has 1 saturated heterocycles. The molecule has 10 nitrogen and oxygen atoms in total. The molecule has 1 aliphatic heterocycles. The highest BCUT2D eigenvalue weighted by molar-refractivity contribution is 7.98. The van der Waals surface area contributed by atoms with Crippen LogP contribution in [0.15, 0.2) is 41.0 Å². The maximum atomic E-state index is 12.5. The van der Waals surface area contributed by atoms with Crippen LogP contribution in [0.1, 0.15) is 95.7 Å². The molecule has 3 aromatic rings. The molecule has 0 radical (unpaired) electrons. The quantitative estimate of drug-likeness (QED) is 0.0683. The lowest BCUT2D eigenvalue weighted by molar-refractivity contribution is -0.147. The summed E-state index contributed by atoms with van der Waals surface area (Å²) in [6, 6.07) is 5.29. The van der Waals surface area contributed by atoms with Gasteiger partial charge < -0.3 is 24.7 Å². The number of aromatic nitrogens is 2. The topological polar surface area (TPSA) is 133 Å². The molecule has 3 heterocycles. The second kappa shape index (κ2) is 19.4. The third-order valence-electron chi connectivity index (χ3n) is 8.57. The molecule has 6 rings (SSSR count). The van der Waals surface area contributed by atoms with Crippen molar-refractivity contribution in [2.24, 2.45) is 0 Å². The first-order chi connectivity index (χ1) is 24.0. The lowest BCUT2D eigenvalue weighted by Crippen LogP contribution is -2.49. The van der Waals surface area contributed by atoms with E-state index in [1.165, 1.54) is 36.1 Å². The second-order valence-corrected chi connectivity index (χ2v) is 15.6. The summed E-state index contributed by atoms with van der Waals surface area (Å²) in [4.78, 5) is 56.1. The van der Waals surface area contributed by atoms with Crippen LogP contribution in [0.3, 0.4) is 0 Å². The SMILES string of the molecule is C=CCCCCO[C@H](C)C(=O)N1CCCC1C(=O)NC1CC1.Cc1ccc2c(=O)cc(-c3nc(C(C)C)cs3)[nH]c2c1Cl.O=CNSC1CC1. The van der Waals surface area contributed by atoms with Crippen molar-refractivity contribution in [1.29, 1.82) is 0 Å². The Labute approximate surface area is 308 Å². The number of fused-ring (bicyclic) bond motifs is 1. The number of halogens is 1. The number of likely N-dealkylation sites (tertiary alicyclic amines) is 1. The molecule has 3 aliphatic rings. The smallest absolute Gasteiger partial charge is 0.252 e. The van der Waals surface area contributed by atoms with Gasteiger partial charge in [-0.2, -0.15) is 0 Å². The molecule has 1 unspecified atom stereocenters. The Kier molecular flexibility index (Phi) is 15.4. The van der Waals surface area contributed by atoms with Gasteiger partial charge in [0, 0.05) is 41.3 Å². The number of benzene rings is 1. The number of unbranched alkanes of at least 4 members (excludes halogenated alkanes) is 2. The van der Waals surface area contributed by atoms with Gasteiger partial charge in [0.1, 0.15) is 17.2 Å². The van der Waals surface area contributed by atoms with E-state index in [0.29, 0.717) is 41.0 Å². The molecule has 2 aromatic heterocycles. The Balaban J connectivity index is 0.000000188. The minimum atomic E-state index is -0.474. The fourth-order valence-corrected chi connectivity index (χ4v) is 7.06. The molecule has 3 amide bonds. The van der Waals surface area contributed by atoms with Gasteiger partial charge in [-0.05, 0) is 101 Å². The highest BCUT2D eigenvalue weighted by Crippen LogP contribution is 2.31. The van der Waals surface area contributed by atoms with E-state index in [4.69, 9.17) is 16.3 Å². The number of H-pyrrole nitrogens is 1. The third kappa shape index (κ3) is 11.7. The van der Waals surface area contributed by atoms with E-state index < -0.39 is 6.10 Å². The van der Waals surface area contributed by atoms with Crippen molar-refractivity contribution in [1.82, 2.24) is 24.9 Å². The first kappa shape index (κ1) is 39.6. The molecule has 0 bridgehead atoms. The summed E-state index contributed by atoms with van der Waals surface area (Å²) in [7, 11) is 0. The Morgan fingerprint density at radius 2 is 1.96 bits per heavy atom. The number of amides is 3. The Bertz CT molecular complexity index is 1670. The number of pyridine rings is 1. The van der Waals surface area contributed by atoms with Crippen molar-refractivity contribution < 1.29 is 19.1 Å². The predicted octanol–water partition coefficient (Wildman–Crippen LogP) is 7.30. The van der Waals surface area contributed by atoms with Crippen LogP contribution in [0.25, 0.3) is 21.6 Å². The van der Waals surface area contributed by atoms with Gasteiger partial charge in [-0.1, -0.05) is 37.6 Å². The number of nitrogens with zero attached hydrogens (tertiary/aromatic N) is 2. The van der Waals surface area contributed by atoms with Crippen LogP contribution in [-0.4, -0.2) is 69.7 Å². The third-order valence-corrected chi connectivity index (χ3v) is 11.0. The van der Waals surface area contributed by atoms with Crippen LogP contribution in [0, 0.1) is 6.92 Å². The molecule has 3 N–H and O–H groups in total. The highest BCUT2D eigenvalue weighted by atomic mass is 35.5. The number of aryl methyl sites for hydroxylation is 1. The van der Waals surface area contributed by atoms with E-state index in [1.807, 2.05) is 24.4 Å². The summed E-state index contributed by atoms with van der Waals surface area (Å²) in [5.41, 5.74) is 3.34. The van der Waals surface area contributed by atoms with E-state index in [-0.39, 0.29) is 23.3 Å². The first-order valence-electron chi connectivity index (χ1n) is 17.5. The molecule has 2 atom stereocenters. The highest BCUT2D eigenvalue weighted by Gasteiger charge is 2.38. The van der Waals surface area contributed by atoms with Crippen molar-refractivity contribution in [3.8, 4) is 10.7 Å². The molecule has 3 fully saturated rings. The number of ether oxygens (including phenoxy) is 1. The Morgan fingerprint density at radius 3 is 2.60 bits per heavy atom. The van der Waals surface area contributed by atoms with Gasteiger partial charge in [0.15, 0.2) is 5.43 Å². The number of hydrogen-bond donors (Lipinski definition) is 3. The average molecular weight is 744 g/mol. The van der Waals surface area contributed by atoms with Crippen molar-refractivity contribution in [2.45, 2.75) is 115 Å². The van der Waals surface area contributed by atoms with E-state index in [9.17, 15) is 19.2 Å². The summed E-state index contributed by atoms with van der Waals surface area (Å²) < 4.78 is 8.17. The van der Waals surface area contributed by atoms with Gasteiger partial charge in [0.25, 0.3) is 5.91 Å². The number of carbonyl (C=O) groups is 3. The summed E-state index contributed by atoms with van der Waals surface area (Å²) in [6.07, 6.45) is 11.4. The van der Waals surface area contributed by atoms with Gasteiger partial charge in [-0.15, -0.1) is 17.9 Å². The first-order valence-corrected chi connectivity index (χ1v) is 19.6. The number of rotatable bonds is 14. The summed E-state index contributed by atoms with van der Waals surface area (Å²) in [5, 5.41) is 7.77. The monoisotopic (exact) mass is 743 g/mol. The van der Waals surface area contributed by atoms with Crippen molar-refractivity contribution >= 4 is 64.0 Å². The largest absolute Gasteiger partial charge is 0.369 e. The maximum Gasteiger partial charge on any atom is 0.252 e. The minimum Gasteiger partial charge on any atom is -0.369 e. The average Bonchev–Trinajstić information content (AvgIpc) is 4.00. The maximum absolute atomic E-state index is 12.5. The number of hydrogen-bond acceptors (Lipinski definition) is 8. The normalized spacial score (nSPS) is 17.3. The van der Waals surface area contributed by atoms with Crippen molar-refractivity contribution in [2.75, 3.05) is 13.2 Å². The van der Waals surface area contributed by atoms with Crippen LogP contribution in [0.4, 0.5) is 0 Å². The van der Waals surface area contributed by atoms with Crippen LogP contribution < -0.4 is 15.5 Å².